The van der Waals surface area contributed by atoms with Gasteiger partial charge in [-0.25, -0.2) is 9.97 Å². The zero-order valence-electron chi connectivity index (χ0n) is 11.5. The van der Waals surface area contributed by atoms with Crippen molar-refractivity contribution in [2.24, 2.45) is 0 Å². The van der Waals surface area contributed by atoms with Crippen molar-refractivity contribution in [3.05, 3.63) is 48.2 Å². The van der Waals surface area contributed by atoms with Crippen molar-refractivity contribution in [3.8, 4) is 0 Å². The van der Waals surface area contributed by atoms with E-state index in [2.05, 4.69) is 25.6 Å². The second-order valence-electron chi connectivity index (χ2n) is 4.63. The summed E-state index contributed by atoms with van der Waals surface area (Å²) in [6, 6.07) is 4.00. The lowest BCUT2D eigenvalue weighted by molar-refractivity contribution is 0.0945. The molecule has 0 unspecified atom stereocenters. The fourth-order valence-corrected chi connectivity index (χ4v) is 1.59. The fourth-order valence-electron chi connectivity index (χ4n) is 1.59. The largest absolute Gasteiger partial charge is 0.367 e. The van der Waals surface area contributed by atoms with Crippen LogP contribution < -0.4 is 10.6 Å². The fraction of sp³-hybridized carbons (Fsp3) is 0.286. The van der Waals surface area contributed by atoms with Crippen LogP contribution in [0.4, 0.5) is 5.82 Å². The molecule has 1 amide bonds. The number of carbonyl (C=O) groups is 1. The summed E-state index contributed by atoms with van der Waals surface area (Å²) in [5, 5.41) is 5.89. The second-order valence-corrected chi connectivity index (χ2v) is 4.63. The Morgan fingerprint density at radius 1 is 1.25 bits per heavy atom. The van der Waals surface area contributed by atoms with Gasteiger partial charge in [-0.1, -0.05) is 6.07 Å². The summed E-state index contributed by atoms with van der Waals surface area (Å²) in [5.41, 5.74) is 1.23. The Kier molecular flexibility index (Phi) is 4.60. The van der Waals surface area contributed by atoms with E-state index in [1.54, 1.807) is 18.6 Å². The van der Waals surface area contributed by atoms with Crippen LogP contribution in [-0.4, -0.2) is 26.9 Å². The van der Waals surface area contributed by atoms with Gasteiger partial charge in [0.05, 0.1) is 12.4 Å². The van der Waals surface area contributed by atoms with Gasteiger partial charge in [0.2, 0.25) is 0 Å². The number of aromatic nitrogens is 3. The Morgan fingerprint density at radius 2 is 2.10 bits per heavy atom. The third kappa shape index (κ3) is 4.01. The molecule has 2 heterocycles. The molecule has 0 radical (unpaired) electrons. The van der Waals surface area contributed by atoms with Gasteiger partial charge in [0, 0.05) is 25.0 Å². The maximum absolute atomic E-state index is 11.9. The molecule has 0 aromatic carbocycles. The van der Waals surface area contributed by atoms with Gasteiger partial charge in [-0.3, -0.25) is 9.78 Å². The van der Waals surface area contributed by atoms with E-state index in [4.69, 9.17) is 0 Å². The van der Waals surface area contributed by atoms with E-state index < -0.39 is 0 Å². The minimum absolute atomic E-state index is 0.252. The molecule has 104 valence electrons. The van der Waals surface area contributed by atoms with E-state index in [0.29, 0.717) is 18.1 Å². The Labute approximate surface area is 117 Å². The van der Waals surface area contributed by atoms with Crippen LogP contribution in [0, 0.1) is 0 Å². The maximum atomic E-state index is 11.9. The van der Waals surface area contributed by atoms with Gasteiger partial charge in [-0.15, -0.1) is 0 Å². The van der Waals surface area contributed by atoms with E-state index in [0.717, 1.165) is 5.56 Å². The van der Waals surface area contributed by atoms with Crippen molar-refractivity contribution in [1.29, 1.82) is 0 Å². The van der Waals surface area contributed by atoms with E-state index in [1.807, 2.05) is 26.0 Å². The zero-order chi connectivity index (χ0) is 14.4. The van der Waals surface area contributed by atoms with Crippen LogP contribution in [0.3, 0.4) is 0 Å². The van der Waals surface area contributed by atoms with Crippen molar-refractivity contribution in [1.82, 2.24) is 20.3 Å². The SMILES string of the molecule is CC(C)Nc1cnc(C(=O)NCc2cccnc2)cn1. The van der Waals surface area contributed by atoms with Crippen LogP contribution in [0.25, 0.3) is 0 Å². The molecule has 6 heteroatoms. The number of rotatable bonds is 5. The first-order valence-electron chi connectivity index (χ1n) is 6.41. The van der Waals surface area contributed by atoms with Crippen molar-refractivity contribution in [2.45, 2.75) is 26.4 Å². The highest BCUT2D eigenvalue weighted by atomic mass is 16.1. The lowest BCUT2D eigenvalue weighted by atomic mass is 10.3. The number of nitrogens with zero attached hydrogens (tertiary/aromatic N) is 3. The third-order valence-electron chi connectivity index (χ3n) is 2.50. The van der Waals surface area contributed by atoms with Crippen LogP contribution in [-0.2, 0) is 6.54 Å². The number of anilines is 1. The number of hydrogen-bond donors (Lipinski definition) is 2. The average Bonchev–Trinajstić information content (AvgIpc) is 2.46. The quantitative estimate of drug-likeness (QED) is 0.864. The molecule has 20 heavy (non-hydrogen) atoms. The molecule has 6 nitrogen and oxygen atoms in total. The number of pyridine rings is 1. The number of hydrogen-bond acceptors (Lipinski definition) is 5. The standard InChI is InChI=1S/C14H17N5O/c1-10(2)19-13-9-16-12(8-17-13)14(20)18-7-11-4-3-5-15-6-11/h3-6,8-10H,7H2,1-2H3,(H,17,19)(H,18,20). The van der Waals surface area contributed by atoms with E-state index >= 15 is 0 Å². The van der Waals surface area contributed by atoms with Crippen LogP contribution in [0.5, 0.6) is 0 Å². The normalized spacial score (nSPS) is 10.3. The molecule has 0 bridgehead atoms. The minimum atomic E-state index is -0.252. The summed E-state index contributed by atoms with van der Waals surface area (Å²) in [4.78, 5) is 24.1. The summed E-state index contributed by atoms with van der Waals surface area (Å²) >= 11 is 0. The molecule has 2 aromatic rings. The molecule has 0 atom stereocenters. The van der Waals surface area contributed by atoms with Gasteiger partial charge in [-0.2, -0.15) is 0 Å². The molecule has 0 saturated heterocycles. The highest BCUT2D eigenvalue weighted by Crippen LogP contribution is 2.03. The van der Waals surface area contributed by atoms with Gasteiger partial charge >= 0.3 is 0 Å². The van der Waals surface area contributed by atoms with Crippen molar-refractivity contribution in [3.63, 3.8) is 0 Å². The predicted molar refractivity (Wildman–Crippen MR) is 76.2 cm³/mol. The molecule has 0 aliphatic rings. The van der Waals surface area contributed by atoms with Crippen LogP contribution >= 0.6 is 0 Å². The summed E-state index contributed by atoms with van der Waals surface area (Å²) in [7, 11) is 0. The first-order chi connectivity index (χ1) is 9.65. The molecule has 2 N–H and O–H groups in total. The lowest BCUT2D eigenvalue weighted by Gasteiger charge is -2.08. The summed E-state index contributed by atoms with van der Waals surface area (Å²) < 4.78 is 0. The Bertz CT molecular complexity index is 554. The molecule has 2 aromatic heterocycles. The Morgan fingerprint density at radius 3 is 2.70 bits per heavy atom. The van der Waals surface area contributed by atoms with Gasteiger partial charge < -0.3 is 10.6 Å². The molecular formula is C14H17N5O. The van der Waals surface area contributed by atoms with Crippen molar-refractivity contribution < 1.29 is 4.79 Å². The highest BCUT2D eigenvalue weighted by molar-refractivity contribution is 5.91. The third-order valence-corrected chi connectivity index (χ3v) is 2.50. The first-order valence-corrected chi connectivity index (χ1v) is 6.41. The molecule has 0 aliphatic carbocycles. The monoisotopic (exact) mass is 271 g/mol. The molecule has 0 saturated carbocycles. The average molecular weight is 271 g/mol. The smallest absolute Gasteiger partial charge is 0.271 e. The zero-order valence-corrected chi connectivity index (χ0v) is 11.5. The van der Waals surface area contributed by atoms with Gasteiger partial charge in [0.1, 0.15) is 11.5 Å². The topological polar surface area (TPSA) is 79.8 Å². The number of carbonyl (C=O) groups excluding carboxylic acids is 1. The number of nitrogens with one attached hydrogen (secondary N) is 2. The van der Waals surface area contributed by atoms with Crippen molar-refractivity contribution in [2.75, 3.05) is 5.32 Å². The van der Waals surface area contributed by atoms with E-state index in [9.17, 15) is 4.79 Å². The van der Waals surface area contributed by atoms with Crippen LogP contribution in [0.2, 0.25) is 0 Å². The van der Waals surface area contributed by atoms with Gasteiger partial charge in [0.15, 0.2) is 0 Å². The Balaban J connectivity index is 1.92. The predicted octanol–water partition coefficient (Wildman–Crippen LogP) is 1.62. The lowest BCUT2D eigenvalue weighted by Crippen LogP contribution is -2.24. The summed E-state index contributed by atoms with van der Waals surface area (Å²) in [6.45, 7) is 4.44. The maximum Gasteiger partial charge on any atom is 0.271 e. The highest BCUT2D eigenvalue weighted by Gasteiger charge is 2.08. The summed E-state index contributed by atoms with van der Waals surface area (Å²) in [6.07, 6.45) is 6.42. The Hall–Kier alpha value is -2.50. The molecular weight excluding hydrogens is 254 g/mol. The minimum Gasteiger partial charge on any atom is -0.367 e. The van der Waals surface area contributed by atoms with Crippen LogP contribution in [0.15, 0.2) is 36.9 Å². The van der Waals surface area contributed by atoms with Gasteiger partial charge in [-0.05, 0) is 25.5 Å². The number of amides is 1. The van der Waals surface area contributed by atoms with E-state index in [1.165, 1.54) is 6.20 Å². The molecule has 0 spiro atoms. The van der Waals surface area contributed by atoms with Gasteiger partial charge in [0.25, 0.3) is 5.91 Å². The first kappa shape index (κ1) is 13.9. The summed E-state index contributed by atoms with van der Waals surface area (Å²) in [5.74, 6) is 0.404. The molecule has 2 rings (SSSR count). The van der Waals surface area contributed by atoms with E-state index in [-0.39, 0.29) is 11.9 Å². The second kappa shape index (κ2) is 6.60. The van der Waals surface area contributed by atoms with Crippen LogP contribution in [0.1, 0.15) is 29.9 Å². The van der Waals surface area contributed by atoms with Crippen molar-refractivity contribution >= 4 is 11.7 Å². The molecule has 0 aliphatic heterocycles. The molecule has 0 fully saturated rings.